The number of nitrogens with two attached hydrogens (primary N) is 2. The van der Waals surface area contributed by atoms with Crippen molar-refractivity contribution in [2.45, 2.75) is 0 Å². The van der Waals surface area contributed by atoms with E-state index in [2.05, 4.69) is 21.9 Å². The SMILES string of the molecule is NCCN1CCN(c2ccc(N)cc2)CC1. The molecule has 0 unspecified atom stereocenters. The van der Waals surface area contributed by atoms with Crippen molar-refractivity contribution < 1.29 is 0 Å². The van der Waals surface area contributed by atoms with Crippen LogP contribution in [0.2, 0.25) is 0 Å². The van der Waals surface area contributed by atoms with Gasteiger partial charge in [0.25, 0.3) is 0 Å². The highest BCUT2D eigenvalue weighted by Gasteiger charge is 2.15. The van der Waals surface area contributed by atoms with E-state index in [1.54, 1.807) is 0 Å². The molecule has 0 radical (unpaired) electrons. The molecule has 0 spiro atoms. The number of nitrogens with zero attached hydrogens (tertiary/aromatic N) is 2. The third-order valence-corrected chi connectivity index (χ3v) is 3.08. The van der Waals surface area contributed by atoms with E-state index in [1.807, 2.05) is 12.1 Å². The average Bonchev–Trinajstić information content (AvgIpc) is 2.32. The first-order valence-corrected chi connectivity index (χ1v) is 5.82. The quantitative estimate of drug-likeness (QED) is 0.722. The Morgan fingerprint density at radius 3 is 2.19 bits per heavy atom. The molecule has 1 aromatic rings. The van der Waals surface area contributed by atoms with Crippen molar-refractivity contribution in [3.05, 3.63) is 24.3 Å². The summed E-state index contributed by atoms with van der Waals surface area (Å²) in [6.07, 6.45) is 0. The summed E-state index contributed by atoms with van der Waals surface area (Å²) in [5, 5.41) is 0. The maximum atomic E-state index is 5.68. The predicted octanol–water partition coefficient (Wildman–Crippen LogP) is 0.349. The standard InChI is InChI=1S/C12H20N4/c13-5-6-15-7-9-16(10-8-15)12-3-1-11(14)2-4-12/h1-4H,5-10,13-14H2. The van der Waals surface area contributed by atoms with Crippen LogP contribution in [0.3, 0.4) is 0 Å². The minimum Gasteiger partial charge on any atom is -0.399 e. The third-order valence-electron chi connectivity index (χ3n) is 3.08. The molecule has 1 aliphatic heterocycles. The second kappa shape index (κ2) is 5.18. The van der Waals surface area contributed by atoms with Gasteiger partial charge in [-0.3, -0.25) is 4.90 Å². The summed E-state index contributed by atoms with van der Waals surface area (Å²) in [6, 6.07) is 8.10. The van der Waals surface area contributed by atoms with Crippen molar-refractivity contribution in [2.75, 3.05) is 49.9 Å². The summed E-state index contributed by atoms with van der Waals surface area (Å²) >= 11 is 0. The first-order valence-electron chi connectivity index (χ1n) is 5.82. The minimum absolute atomic E-state index is 0.752. The lowest BCUT2D eigenvalue weighted by molar-refractivity contribution is 0.265. The van der Waals surface area contributed by atoms with E-state index in [0.29, 0.717) is 0 Å². The third kappa shape index (κ3) is 2.65. The van der Waals surface area contributed by atoms with E-state index in [-0.39, 0.29) is 0 Å². The molecule has 0 aromatic heterocycles. The molecule has 4 nitrogen and oxygen atoms in total. The van der Waals surface area contributed by atoms with Crippen molar-refractivity contribution in [1.82, 2.24) is 4.90 Å². The number of hydrogen-bond acceptors (Lipinski definition) is 4. The van der Waals surface area contributed by atoms with Crippen LogP contribution in [0.15, 0.2) is 24.3 Å². The Morgan fingerprint density at radius 1 is 1.00 bits per heavy atom. The Kier molecular flexibility index (Phi) is 3.64. The van der Waals surface area contributed by atoms with Gasteiger partial charge in [-0.15, -0.1) is 0 Å². The molecule has 1 heterocycles. The van der Waals surface area contributed by atoms with E-state index in [4.69, 9.17) is 11.5 Å². The average molecular weight is 220 g/mol. The van der Waals surface area contributed by atoms with Crippen molar-refractivity contribution >= 4 is 11.4 Å². The van der Waals surface area contributed by atoms with E-state index in [1.165, 1.54) is 5.69 Å². The fraction of sp³-hybridized carbons (Fsp3) is 0.500. The van der Waals surface area contributed by atoms with Crippen LogP contribution in [0.1, 0.15) is 0 Å². The van der Waals surface area contributed by atoms with Gasteiger partial charge in [0.05, 0.1) is 0 Å². The molecule has 1 saturated heterocycles. The molecule has 0 atom stereocenters. The van der Waals surface area contributed by atoms with Crippen molar-refractivity contribution in [3.63, 3.8) is 0 Å². The molecule has 4 N–H and O–H groups in total. The number of piperazine rings is 1. The zero-order chi connectivity index (χ0) is 11.4. The predicted molar refractivity (Wildman–Crippen MR) is 68.6 cm³/mol. The zero-order valence-corrected chi connectivity index (χ0v) is 9.60. The van der Waals surface area contributed by atoms with Crippen molar-refractivity contribution in [1.29, 1.82) is 0 Å². The van der Waals surface area contributed by atoms with Gasteiger partial charge in [0.15, 0.2) is 0 Å². The van der Waals surface area contributed by atoms with Gasteiger partial charge in [-0.1, -0.05) is 0 Å². The summed E-state index contributed by atoms with van der Waals surface area (Å²) in [4.78, 5) is 4.81. The lowest BCUT2D eigenvalue weighted by atomic mass is 10.2. The molecule has 2 rings (SSSR count). The van der Waals surface area contributed by atoms with Gasteiger partial charge < -0.3 is 16.4 Å². The first kappa shape index (κ1) is 11.2. The normalized spacial score (nSPS) is 17.7. The molecule has 0 amide bonds. The Hall–Kier alpha value is -1.26. The molecule has 16 heavy (non-hydrogen) atoms. The van der Waals surface area contributed by atoms with Gasteiger partial charge in [0, 0.05) is 50.6 Å². The second-order valence-corrected chi connectivity index (χ2v) is 4.21. The molecule has 1 aromatic carbocycles. The van der Waals surface area contributed by atoms with Crippen molar-refractivity contribution in [2.24, 2.45) is 5.73 Å². The lowest BCUT2D eigenvalue weighted by Crippen LogP contribution is -2.47. The molecule has 0 aliphatic carbocycles. The summed E-state index contributed by atoms with van der Waals surface area (Å²) in [6.45, 7) is 6.11. The molecule has 4 heteroatoms. The fourth-order valence-electron chi connectivity index (χ4n) is 2.10. The Morgan fingerprint density at radius 2 is 1.62 bits per heavy atom. The lowest BCUT2D eigenvalue weighted by Gasteiger charge is -2.35. The molecule has 88 valence electrons. The van der Waals surface area contributed by atoms with Crippen molar-refractivity contribution in [3.8, 4) is 0 Å². The summed E-state index contributed by atoms with van der Waals surface area (Å²) in [5.74, 6) is 0. The van der Waals surface area contributed by atoms with Crippen LogP contribution in [0.4, 0.5) is 11.4 Å². The highest BCUT2D eigenvalue weighted by molar-refractivity contribution is 5.53. The van der Waals surface area contributed by atoms with Gasteiger partial charge in [-0.25, -0.2) is 0 Å². The van der Waals surface area contributed by atoms with Gasteiger partial charge >= 0.3 is 0 Å². The molecule has 0 bridgehead atoms. The van der Waals surface area contributed by atoms with Crippen LogP contribution in [-0.4, -0.2) is 44.2 Å². The summed E-state index contributed by atoms with van der Waals surface area (Å²) in [7, 11) is 0. The number of nitrogen functional groups attached to an aromatic ring is 1. The van der Waals surface area contributed by atoms with Crippen LogP contribution in [0.25, 0.3) is 0 Å². The van der Waals surface area contributed by atoms with Crippen LogP contribution >= 0.6 is 0 Å². The van der Waals surface area contributed by atoms with Crippen LogP contribution in [0.5, 0.6) is 0 Å². The second-order valence-electron chi connectivity index (χ2n) is 4.21. The Labute approximate surface area is 96.8 Å². The van der Waals surface area contributed by atoms with E-state index >= 15 is 0 Å². The summed E-state index contributed by atoms with van der Waals surface area (Å²) in [5.41, 5.74) is 13.3. The largest absolute Gasteiger partial charge is 0.399 e. The van der Waals surface area contributed by atoms with Gasteiger partial charge in [0.1, 0.15) is 0 Å². The highest BCUT2D eigenvalue weighted by atomic mass is 15.3. The van der Waals surface area contributed by atoms with Crippen LogP contribution in [0, 0.1) is 0 Å². The van der Waals surface area contributed by atoms with Crippen LogP contribution < -0.4 is 16.4 Å². The Balaban J connectivity index is 1.91. The monoisotopic (exact) mass is 220 g/mol. The van der Waals surface area contributed by atoms with Crippen LogP contribution in [-0.2, 0) is 0 Å². The smallest absolute Gasteiger partial charge is 0.0368 e. The zero-order valence-electron chi connectivity index (χ0n) is 9.60. The maximum absolute atomic E-state index is 5.68. The topological polar surface area (TPSA) is 58.5 Å². The van der Waals surface area contributed by atoms with Gasteiger partial charge in [0.2, 0.25) is 0 Å². The van der Waals surface area contributed by atoms with E-state index in [0.717, 1.165) is 45.0 Å². The summed E-state index contributed by atoms with van der Waals surface area (Å²) < 4.78 is 0. The Bertz CT molecular complexity index is 314. The molecular formula is C12H20N4. The van der Waals surface area contributed by atoms with E-state index < -0.39 is 0 Å². The molecular weight excluding hydrogens is 200 g/mol. The van der Waals surface area contributed by atoms with Gasteiger partial charge in [-0.05, 0) is 24.3 Å². The maximum Gasteiger partial charge on any atom is 0.0368 e. The highest BCUT2D eigenvalue weighted by Crippen LogP contribution is 2.17. The number of anilines is 2. The number of benzene rings is 1. The first-order chi connectivity index (χ1) is 7.79. The minimum atomic E-state index is 0.752. The molecule has 1 aliphatic rings. The molecule has 0 saturated carbocycles. The van der Waals surface area contributed by atoms with Gasteiger partial charge in [-0.2, -0.15) is 0 Å². The number of hydrogen-bond donors (Lipinski definition) is 2. The van der Waals surface area contributed by atoms with E-state index in [9.17, 15) is 0 Å². The number of rotatable bonds is 3. The molecule has 1 fully saturated rings. The fourth-order valence-corrected chi connectivity index (χ4v) is 2.10.